The van der Waals surface area contributed by atoms with Crippen LogP contribution in [0.3, 0.4) is 0 Å². The number of methoxy groups -OCH3 is 1. The van der Waals surface area contributed by atoms with E-state index in [0.29, 0.717) is 40.8 Å². The predicted octanol–water partition coefficient (Wildman–Crippen LogP) is 4.10. The third kappa shape index (κ3) is 6.84. The van der Waals surface area contributed by atoms with Crippen molar-refractivity contribution < 1.29 is 19.0 Å². The van der Waals surface area contributed by atoms with Crippen LogP contribution in [0.25, 0.3) is 11.3 Å². The molecule has 1 fully saturated rings. The molecule has 3 N–H and O–H groups in total. The molecule has 1 amide bonds. The lowest BCUT2D eigenvalue weighted by Gasteiger charge is -2.31. The Labute approximate surface area is 214 Å². The van der Waals surface area contributed by atoms with E-state index >= 15 is 0 Å². The van der Waals surface area contributed by atoms with E-state index in [1.54, 1.807) is 25.6 Å². The maximum atomic E-state index is 12.2. The monoisotopic (exact) mass is 506 g/mol. The van der Waals surface area contributed by atoms with Gasteiger partial charge in [-0.15, -0.1) is 0 Å². The van der Waals surface area contributed by atoms with Gasteiger partial charge in [0.1, 0.15) is 29.3 Å². The number of carbonyl (C=O) groups is 1. The quantitative estimate of drug-likeness (QED) is 0.425. The van der Waals surface area contributed by atoms with Crippen molar-refractivity contribution in [2.24, 2.45) is 0 Å². The third-order valence-corrected chi connectivity index (χ3v) is 5.61. The zero-order valence-electron chi connectivity index (χ0n) is 21.2. The van der Waals surface area contributed by atoms with Gasteiger partial charge in [-0.3, -0.25) is 10.1 Å². The van der Waals surface area contributed by atoms with Crippen LogP contribution in [0.1, 0.15) is 52.1 Å². The summed E-state index contributed by atoms with van der Waals surface area (Å²) in [6.45, 7) is 5.51. The largest absolute Gasteiger partial charge is 0.494 e. The Kier molecular flexibility index (Phi) is 7.71. The average Bonchev–Trinajstić information content (AvgIpc) is 3.31. The van der Waals surface area contributed by atoms with Crippen LogP contribution < -0.4 is 20.1 Å². The molecule has 3 heterocycles. The molecule has 37 heavy (non-hydrogen) atoms. The van der Waals surface area contributed by atoms with Crippen molar-refractivity contribution in [1.82, 2.24) is 30.5 Å². The molecule has 194 valence electrons. The van der Waals surface area contributed by atoms with Crippen LogP contribution in [0, 0.1) is 11.3 Å². The number of aromatic amines is 1. The number of nitriles is 1. The van der Waals surface area contributed by atoms with Crippen LogP contribution in [-0.2, 0) is 4.74 Å². The molecule has 0 saturated heterocycles. The zero-order valence-corrected chi connectivity index (χ0v) is 21.2. The van der Waals surface area contributed by atoms with Crippen molar-refractivity contribution >= 4 is 17.7 Å². The molecule has 1 aliphatic rings. The van der Waals surface area contributed by atoms with Gasteiger partial charge in [0, 0.05) is 18.5 Å². The van der Waals surface area contributed by atoms with E-state index in [-0.39, 0.29) is 17.8 Å². The number of hydrogen-bond donors (Lipinski definition) is 3. The summed E-state index contributed by atoms with van der Waals surface area (Å²) in [6, 6.07) is 3.67. The lowest BCUT2D eigenvalue weighted by molar-refractivity contribution is 0.0463. The summed E-state index contributed by atoms with van der Waals surface area (Å²) in [5.41, 5.74) is 0.992. The van der Waals surface area contributed by atoms with E-state index in [2.05, 4.69) is 35.8 Å². The summed E-state index contributed by atoms with van der Waals surface area (Å²) in [7, 11) is 1.56. The van der Waals surface area contributed by atoms with Crippen molar-refractivity contribution in [1.29, 1.82) is 5.26 Å². The smallest absolute Gasteiger partial charge is 0.407 e. The van der Waals surface area contributed by atoms with Crippen molar-refractivity contribution in [3.63, 3.8) is 0 Å². The SMILES string of the molecule is COc1cncc(O[C@@H]2CCC[C@H](NC(=O)OC(C)(C)C)C2)c1-c1cc(Nc2cnc(C#N)cn2)n[nH]1. The van der Waals surface area contributed by atoms with Crippen molar-refractivity contribution in [2.45, 2.75) is 64.2 Å². The number of alkyl carbamates (subject to hydrolysis) is 1. The predicted molar refractivity (Wildman–Crippen MR) is 134 cm³/mol. The molecule has 0 unspecified atom stereocenters. The summed E-state index contributed by atoms with van der Waals surface area (Å²) in [6.07, 6.45) is 8.78. The van der Waals surface area contributed by atoms with Gasteiger partial charge in [0.05, 0.1) is 43.2 Å². The van der Waals surface area contributed by atoms with E-state index < -0.39 is 11.7 Å². The van der Waals surface area contributed by atoms with Crippen LogP contribution in [0.15, 0.2) is 30.9 Å². The molecular formula is C25H30N8O4. The molecule has 0 bridgehead atoms. The lowest BCUT2D eigenvalue weighted by Crippen LogP contribution is -2.43. The van der Waals surface area contributed by atoms with Crippen LogP contribution >= 0.6 is 0 Å². The van der Waals surface area contributed by atoms with Crippen molar-refractivity contribution in [3.05, 3.63) is 36.5 Å². The summed E-state index contributed by atoms with van der Waals surface area (Å²) >= 11 is 0. The van der Waals surface area contributed by atoms with Gasteiger partial charge >= 0.3 is 6.09 Å². The molecule has 4 rings (SSSR count). The van der Waals surface area contributed by atoms with Gasteiger partial charge in [-0.05, 0) is 40.0 Å². The number of aromatic nitrogens is 5. The number of amides is 1. The Morgan fingerprint density at radius 2 is 1.95 bits per heavy atom. The number of H-pyrrole nitrogens is 1. The Hall–Kier alpha value is -4.40. The van der Waals surface area contributed by atoms with Crippen LogP contribution in [0.2, 0.25) is 0 Å². The minimum Gasteiger partial charge on any atom is -0.494 e. The highest BCUT2D eigenvalue weighted by Gasteiger charge is 2.28. The summed E-state index contributed by atoms with van der Waals surface area (Å²) in [5.74, 6) is 2.00. The standard InChI is InChI=1S/C25H30N8O4/c1-25(2,3)37-24(34)30-15-6-5-7-17(8-15)36-20-13-27-12-19(35-4)23(20)18-9-21(33-32-18)31-22-14-28-16(10-26)11-29-22/h9,11-15,17H,5-8H2,1-4H3,(H,30,34)(H2,29,31,32,33)/t15-,17+/m0/s1. The second kappa shape index (κ2) is 11.1. The highest BCUT2D eigenvalue weighted by molar-refractivity contribution is 5.75. The molecule has 12 nitrogen and oxygen atoms in total. The Morgan fingerprint density at radius 3 is 2.65 bits per heavy atom. The fourth-order valence-corrected chi connectivity index (χ4v) is 4.07. The normalized spacial score (nSPS) is 17.4. The zero-order chi connectivity index (χ0) is 26.4. The Balaban J connectivity index is 1.49. The topological polar surface area (TPSA) is 160 Å². The summed E-state index contributed by atoms with van der Waals surface area (Å²) in [4.78, 5) is 24.7. The van der Waals surface area contributed by atoms with E-state index in [0.717, 1.165) is 19.3 Å². The van der Waals surface area contributed by atoms with Gasteiger partial charge < -0.3 is 24.8 Å². The molecule has 0 aromatic carbocycles. The highest BCUT2D eigenvalue weighted by atomic mass is 16.6. The Bertz CT molecular complexity index is 1260. The van der Waals surface area contributed by atoms with Crippen molar-refractivity contribution in [3.8, 4) is 28.8 Å². The molecule has 3 aromatic rings. The molecule has 1 aliphatic carbocycles. The summed E-state index contributed by atoms with van der Waals surface area (Å²) in [5, 5.41) is 22.2. The minimum absolute atomic E-state index is 0.0490. The number of nitrogens with zero attached hydrogens (tertiary/aromatic N) is 5. The molecule has 12 heteroatoms. The third-order valence-electron chi connectivity index (χ3n) is 5.61. The van der Waals surface area contributed by atoms with Gasteiger partial charge in [-0.25, -0.2) is 14.8 Å². The van der Waals surface area contributed by atoms with E-state index in [1.165, 1.54) is 12.4 Å². The maximum absolute atomic E-state index is 12.2. The first-order valence-corrected chi connectivity index (χ1v) is 12.0. The first-order chi connectivity index (χ1) is 17.7. The van der Waals surface area contributed by atoms with E-state index in [9.17, 15) is 4.79 Å². The van der Waals surface area contributed by atoms with Crippen molar-refractivity contribution in [2.75, 3.05) is 12.4 Å². The lowest BCUT2D eigenvalue weighted by atomic mass is 9.93. The van der Waals surface area contributed by atoms with E-state index in [4.69, 9.17) is 19.5 Å². The summed E-state index contributed by atoms with van der Waals surface area (Å²) < 4.78 is 17.4. The van der Waals surface area contributed by atoms with Gasteiger partial charge in [-0.2, -0.15) is 10.4 Å². The second-order valence-electron chi connectivity index (χ2n) is 9.66. The second-order valence-corrected chi connectivity index (χ2v) is 9.66. The molecule has 0 radical (unpaired) electrons. The molecule has 0 aliphatic heterocycles. The molecule has 2 atom stereocenters. The van der Waals surface area contributed by atoms with Gasteiger partial charge in [0.2, 0.25) is 0 Å². The minimum atomic E-state index is -0.555. The van der Waals surface area contributed by atoms with Crippen LogP contribution in [0.5, 0.6) is 11.5 Å². The van der Waals surface area contributed by atoms with Crippen LogP contribution in [0.4, 0.5) is 16.4 Å². The number of rotatable bonds is 7. The first kappa shape index (κ1) is 25.7. The number of ether oxygens (including phenoxy) is 3. The number of nitrogens with one attached hydrogen (secondary N) is 3. The molecular weight excluding hydrogens is 476 g/mol. The Morgan fingerprint density at radius 1 is 1.14 bits per heavy atom. The van der Waals surface area contributed by atoms with Gasteiger partial charge in [-0.1, -0.05) is 0 Å². The maximum Gasteiger partial charge on any atom is 0.407 e. The van der Waals surface area contributed by atoms with Crippen LogP contribution in [-0.4, -0.2) is 56.1 Å². The molecule has 1 saturated carbocycles. The fourth-order valence-electron chi connectivity index (χ4n) is 4.07. The van der Waals surface area contributed by atoms with Gasteiger partial charge in [0.25, 0.3) is 0 Å². The number of pyridine rings is 1. The number of anilines is 2. The number of hydrogen-bond acceptors (Lipinski definition) is 10. The van der Waals surface area contributed by atoms with Gasteiger partial charge in [0.15, 0.2) is 17.3 Å². The fraction of sp³-hybridized carbons (Fsp3) is 0.440. The highest BCUT2D eigenvalue weighted by Crippen LogP contribution is 2.39. The molecule has 3 aromatic heterocycles. The van der Waals surface area contributed by atoms with E-state index in [1.807, 2.05) is 26.8 Å². The number of carbonyl (C=O) groups excluding carboxylic acids is 1. The first-order valence-electron chi connectivity index (χ1n) is 12.0. The average molecular weight is 507 g/mol. The molecule has 0 spiro atoms.